The highest BCUT2D eigenvalue weighted by Crippen LogP contribution is 2.11. The number of hydrogen-bond acceptors (Lipinski definition) is 6. The second-order valence-corrected chi connectivity index (χ2v) is 7.72. The molecule has 102 valence electrons. The van der Waals surface area contributed by atoms with Gasteiger partial charge in [0, 0.05) is 6.26 Å². The Balaban J connectivity index is 2.83. The molecule has 0 aliphatic rings. The third-order valence-electron chi connectivity index (χ3n) is 1.91. The van der Waals surface area contributed by atoms with Gasteiger partial charge >= 0.3 is 0 Å². The van der Waals surface area contributed by atoms with E-state index in [1.54, 1.807) is 0 Å². The first-order valence-corrected chi connectivity index (χ1v) is 8.38. The van der Waals surface area contributed by atoms with Crippen molar-refractivity contribution in [2.24, 2.45) is 5.73 Å². The van der Waals surface area contributed by atoms with Crippen LogP contribution >= 0.6 is 0 Å². The largest absolute Gasteiger partial charge is 0.384 e. The lowest BCUT2D eigenvalue weighted by molar-refractivity contribution is 0.593. The number of H-pyrrole nitrogens is 1. The number of nitrogens with one attached hydrogen (secondary N) is 3. The Morgan fingerprint density at radius 3 is 2.56 bits per heavy atom. The second-order valence-electron chi connectivity index (χ2n) is 3.62. The van der Waals surface area contributed by atoms with Crippen LogP contribution in [0.5, 0.6) is 0 Å². The number of sulfonamides is 1. The summed E-state index contributed by atoms with van der Waals surface area (Å²) in [5.74, 6) is -1.49. The lowest BCUT2D eigenvalue weighted by atomic mass is 10.3. The van der Waals surface area contributed by atoms with Gasteiger partial charge in [-0.15, -0.1) is 0 Å². The smallest absolute Gasteiger partial charge is 0.234 e. The fraction of sp³-hybridized carbons (Fsp3) is 0.429. The summed E-state index contributed by atoms with van der Waals surface area (Å²) in [6.45, 7) is 0. The molecule has 18 heavy (non-hydrogen) atoms. The molecular weight excluding hydrogens is 282 g/mol. The van der Waals surface area contributed by atoms with E-state index in [1.807, 2.05) is 0 Å². The van der Waals surface area contributed by atoms with E-state index in [1.165, 1.54) is 6.20 Å². The van der Waals surface area contributed by atoms with Crippen LogP contribution in [0, 0.1) is 5.41 Å². The molecule has 0 bridgehead atoms. The molecule has 0 aliphatic heterocycles. The van der Waals surface area contributed by atoms with Crippen molar-refractivity contribution in [3.63, 3.8) is 0 Å². The third-order valence-corrected chi connectivity index (χ3v) is 4.37. The number of amidine groups is 1. The van der Waals surface area contributed by atoms with Crippen molar-refractivity contribution in [1.29, 1.82) is 5.41 Å². The second kappa shape index (κ2) is 4.94. The van der Waals surface area contributed by atoms with Crippen molar-refractivity contribution in [1.82, 2.24) is 10.2 Å². The molecule has 0 unspecified atom stereocenters. The fourth-order valence-electron chi connectivity index (χ4n) is 1.04. The first-order chi connectivity index (χ1) is 8.11. The molecule has 1 aromatic heterocycles. The molecular formula is C7H13N5O4S2. The Morgan fingerprint density at radius 1 is 1.44 bits per heavy atom. The molecule has 0 atom stereocenters. The summed E-state index contributed by atoms with van der Waals surface area (Å²) in [6.07, 6.45) is 2.14. The zero-order chi connectivity index (χ0) is 14.0. The van der Waals surface area contributed by atoms with Gasteiger partial charge in [-0.2, -0.15) is 5.10 Å². The number of nitrogen functional groups attached to an aromatic ring is 1. The summed E-state index contributed by atoms with van der Waals surface area (Å²) < 4.78 is 47.0. The Bertz CT molecular complexity index is 645. The lowest BCUT2D eigenvalue weighted by Crippen LogP contribution is -2.24. The Hall–Kier alpha value is -1.62. The van der Waals surface area contributed by atoms with Gasteiger partial charge in [-0.05, 0) is 0 Å². The summed E-state index contributed by atoms with van der Waals surface area (Å²) in [6, 6.07) is 0. The molecule has 0 spiro atoms. The predicted octanol–water partition coefficient (Wildman–Crippen LogP) is -1.52. The van der Waals surface area contributed by atoms with Gasteiger partial charge in [0.25, 0.3) is 0 Å². The minimum Gasteiger partial charge on any atom is -0.384 e. The van der Waals surface area contributed by atoms with E-state index in [2.05, 4.69) is 14.9 Å². The van der Waals surface area contributed by atoms with Gasteiger partial charge in [0.1, 0.15) is 21.5 Å². The van der Waals surface area contributed by atoms with Gasteiger partial charge < -0.3 is 5.73 Å². The number of nitrogens with two attached hydrogens (primary N) is 1. The van der Waals surface area contributed by atoms with Crippen LogP contribution in [0.25, 0.3) is 0 Å². The van der Waals surface area contributed by atoms with Crippen LogP contribution in [0.2, 0.25) is 0 Å². The topological polar surface area (TPSA) is 159 Å². The Labute approximate surface area is 104 Å². The molecule has 9 nitrogen and oxygen atoms in total. The third kappa shape index (κ3) is 4.33. The molecule has 0 aliphatic carbocycles. The van der Waals surface area contributed by atoms with E-state index in [-0.39, 0.29) is 17.2 Å². The maximum atomic E-state index is 11.6. The molecule has 11 heteroatoms. The minimum absolute atomic E-state index is 0.0593. The zero-order valence-electron chi connectivity index (χ0n) is 9.47. The van der Waals surface area contributed by atoms with Crippen LogP contribution in [0.4, 0.5) is 5.82 Å². The first-order valence-electron chi connectivity index (χ1n) is 4.67. The zero-order valence-corrected chi connectivity index (χ0v) is 11.1. The molecule has 1 heterocycles. The van der Waals surface area contributed by atoms with E-state index in [0.29, 0.717) is 0 Å². The lowest BCUT2D eigenvalue weighted by Gasteiger charge is -2.06. The van der Waals surface area contributed by atoms with Crippen molar-refractivity contribution < 1.29 is 16.8 Å². The number of aromatic nitrogens is 2. The summed E-state index contributed by atoms with van der Waals surface area (Å²) in [4.78, 5) is 0. The fourth-order valence-corrected chi connectivity index (χ4v) is 3.69. The van der Waals surface area contributed by atoms with Gasteiger partial charge in [-0.3, -0.25) is 15.2 Å². The van der Waals surface area contributed by atoms with Gasteiger partial charge in [0.2, 0.25) is 10.0 Å². The number of rotatable bonds is 6. The van der Waals surface area contributed by atoms with Crippen LogP contribution in [-0.2, 0) is 19.9 Å². The maximum absolute atomic E-state index is 11.6. The molecule has 0 saturated heterocycles. The average Bonchev–Trinajstić information content (AvgIpc) is 2.61. The van der Waals surface area contributed by atoms with Crippen LogP contribution < -0.4 is 10.5 Å². The number of nitrogens with zero attached hydrogens (tertiary/aromatic N) is 1. The van der Waals surface area contributed by atoms with Crippen LogP contribution in [0.3, 0.4) is 0 Å². The van der Waals surface area contributed by atoms with E-state index in [9.17, 15) is 16.8 Å². The normalized spacial score (nSPS) is 12.3. The standard InChI is InChI=1S/C7H13N5O4S2/c1-17(13,14)2-3-18(15,16)12-7-5(6(8)9)4-10-11-7/h4H,2-3H2,1H3,(H3,8,9)(H2,10,11,12). The van der Waals surface area contributed by atoms with Gasteiger partial charge in [0.15, 0.2) is 0 Å². The van der Waals surface area contributed by atoms with Gasteiger partial charge in [0.05, 0.1) is 23.3 Å². The molecule has 0 saturated carbocycles. The summed E-state index contributed by atoms with van der Waals surface area (Å²) >= 11 is 0. The first kappa shape index (κ1) is 14.4. The highest BCUT2D eigenvalue weighted by atomic mass is 32.2. The summed E-state index contributed by atoms with van der Waals surface area (Å²) in [5, 5.41) is 13.1. The van der Waals surface area contributed by atoms with Crippen LogP contribution in [0.15, 0.2) is 6.20 Å². The molecule has 0 radical (unpaired) electrons. The molecule has 0 aromatic carbocycles. The number of hydrogen-bond donors (Lipinski definition) is 4. The number of sulfone groups is 1. The van der Waals surface area contributed by atoms with Crippen LogP contribution in [0.1, 0.15) is 5.56 Å². The molecule has 1 aromatic rings. The van der Waals surface area contributed by atoms with E-state index < -0.39 is 31.4 Å². The summed E-state index contributed by atoms with van der Waals surface area (Å²) in [5.41, 5.74) is 5.31. The Morgan fingerprint density at radius 2 is 2.06 bits per heavy atom. The highest BCUT2D eigenvalue weighted by Gasteiger charge is 2.18. The minimum atomic E-state index is -3.85. The van der Waals surface area contributed by atoms with Crippen LogP contribution in [-0.4, -0.2) is 50.6 Å². The van der Waals surface area contributed by atoms with Crippen molar-refractivity contribution in [2.75, 3.05) is 22.5 Å². The summed E-state index contributed by atoms with van der Waals surface area (Å²) in [7, 11) is -7.22. The SMILES string of the molecule is CS(=O)(=O)CCS(=O)(=O)Nc1[nH]ncc1C(=N)N. The van der Waals surface area contributed by atoms with E-state index in [0.717, 1.165) is 6.26 Å². The Kier molecular flexibility index (Phi) is 3.96. The number of aromatic amines is 1. The average molecular weight is 295 g/mol. The molecule has 5 N–H and O–H groups in total. The van der Waals surface area contributed by atoms with Crippen molar-refractivity contribution in [2.45, 2.75) is 0 Å². The molecule has 0 fully saturated rings. The molecule has 0 amide bonds. The highest BCUT2D eigenvalue weighted by molar-refractivity contribution is 7.95. The monoisotopic (exact) mass is 295 g/mol. The predicted molar refractivity (Wildman–Crippen MR) is 66.7 cm³/mol. The molecule has 1 rings (SSSR count). The van der Waals surface area contributed by atoms with Crippen molar-refractivity contribution in [3.05, 3.63) is 11.8 Å². The van der Waals surface area contributed by atoms with Crippen molar-refractivity contribution >= 4 is 31.5 Å². The van der Waals surface area contributed by atoms with Gasteiger partial charge in [-0.25, -0.2) is 16.8 Å². The van der Waals surface area contributed by atoms with Crippen molar-refractivity contribution in [3.8, 4) is 0 Å². The van der Waals surface area contributed by atoms with E-state index in [4.69, 9.17) is 11.1 Å². The van der Waals surface area contributed by atoms with Gasteiger partial charge in [-0.1, -0.05) is 0 Å². The maximum Gasteiger partial charge on any atom is 0.234 e. The quantitative estimate of drug-likeness (QED) is 0.368. The number of anilines is 1. The van der Waals surface area contributed by atoms with E-state index >= 15 is 0 Å².